The van der Waals surface area contributed by atoms with E-state index in [1.54, 1.807) is 30.3 Å². The van der Waals surface area contributed by atoms with Gasteiger partial charge in [0.2, 0.25) is 0 Å². The molecule has 122 valence electrons. The van der Waals surface area contributed by atoms with E-state index in [0.29, 0.717) is 5.69 Å². The Kier molecular flexibility index (Phi) is 5.88. The van der Waals surface area contributed by atoms with E-state index in [4.69, 9.17) is 21.6 Å². The van der Waals surface area contributed by atoms with Gasteiger partial charge < -0.3 is 4.74 Å². The summed E-state index contributed by atoms with van der Waals surface area (Å²) in [5.74, 6) is -2.49. The van der Waals surface area contributed by atoms with Crippen LogP contribution in [-0.2, 0) is 9.53 Å². The molecule has 0 fully saturated rings. The molecular weight excluding hydrogens is 335 g/mol. The fourth-order valence-corrected chi connectivity index (χ4v) is 2.21. The van der Waals surface area contributed by atoms with E-state index in [1.807, 2.05) is 6.07 Å². The molecule has 2 aromatic carbocycles. The number of carbonyl (C=O) groups excluding carboxylic acids is 2. The first-order chi connectivity index (χ1) is 11.5. The predicted octanol–water partition coefficient (Wildman–Crippen LogP) is 3.19. The molecule has 0 aliphatic rings. The molecular formula is C17H12ClFN2O3. The third-order valence-corrected chi connectivity index (χ3v) is 3.41. The van der Waals surface area contributed by atoms with E-state index in [9.17, 15) is 14.0 Å². The van der Waals surface area contributed by atoms with Crippen molar-refractivity contribution in [2.75, 3.05) is 18.1 Å². The lowest BCUT2D eigenvalue weighted by Crippen LogP contribution is -2.35. The molecule has 0 radical (unpaired) electrons. The first kappa shape index (κ1) is 17.4. The number of nitriles is 1. The summed E-state index contributed by atoms with van der Waals surface area (Å²) in [5, 5.41) is 8.75. The summed E-state index contributed by atoms with van der Waals surface area (Å²) in [4.78, 5) is 25.3. The number of halogens is 2. The van der Waals surface area contributed by atoms with Crippen LogP contribution in [0.2, 0.25) is 5.02 Å². The van der Waals surface area contributed by atoms with Gasteiger partial charge in [-0.1, -0.05) is 35.9 Å². The Morgan fingerprint density at radius 2 is 1.88 bits per heavy atom. The van der Waals surface area contributed by atoms with Crippen LogP contribution < -0.4 is 4.90 Å². The number of carbonyl (C=O) groups is 2. The van der Waals surface area contributed by atoms with Gasteiger partial charge in [-0.25, -0.2) is 9.18 Å². The van der Waals surface area contributed by atoms with Crippen LogP contribution in [0.3, 0.4) is 0 Å². The van der Waals surface area contributed by atoms with Gasteiger partial charge in [0.1, 0.15) is 17.9 Å². The van der Waals surface area contributed by atoms with Crippen LogP contribution in [0, 0.1) is 17.1 Å². The van der Waals surface area contributed by atoms with Gasteiger partial charge in [0.05, 0.1) is 11.1 Å². The molecule has 0 unspecified atom stereocenters. The van der Waals surface area contributed by atoms with Crippen molar-refractivity contribution in [2.45, 2.75) is 0 Å². The standard InChI is InChI=1S/C17H12ClFN2O3/c18-13-7-4-8-14(19)16(13)17(23)24-11-15(22)21(10-9-20)12-5-2-1-3-6-12/h1-8H,10-11H2. The maximum atomic E-state index is 13.6. The number of anilines is 1. The van der Waals surface area contributed by atoms with Gasteiger partial charge in [0, 0.05) is 5.69 Å². The van der Waals surface area contributed by atoms with Gasteiger partial charge in [-0.05, 0) is 24.3 Å². The second-order valence-corrected chi connectivity index (χ2v) is 5.05. The van der Waals surface area contributed by atoms with E-state index >= 15 is 0 Å². The number of hydrogen-bond donors (Lipinski definition) is 0. The van der Waals surface area contributed by atoms with Crippen LogP contribution in [-0.4, -0.2) is 25.0 Å². The van der Waals surface area contributed by atoms with Crippen LogP contribution in [0.15, 0.2) is 48.5 Å². The Balaban J connectivity index is 2.08. The second-order valence-electron chi connectivity index (χ2n) is 4.65. The molecule has 2 rings (SSSR count). The molecule has 0 bridgehead atoms. The third-order valence-electron chi connectivity index (χ3n) is 3.09. The van der Waals surface area contributed by atoms with Gasteiger partial charge in [0.25, 0.3) is 5.91 Å². The van der Waals surface area contributed by atoms with Gasteiger partial charge in [-0.15, -0.1) is 0 Å². The fraction of sp³-hybridized carbons (Fsp3) is 0.118. The average Bonchev–Trinajstić information content (AvgIpc) is 2.58. The summed E-state index contributed by atoms with van der Waals surface area (Å²) >= 11 is 5.77. The van der Waals surface area contributed by atoms with Crippen molar-refractivity contribution in [3.8, 4) is 6.07 Å². The van der Waals surface area contributed by atoms with Crippen molar-refractivity contribution >= 4 is 29.2 Å². The third kappa shape index (κ3) is 4.09. The second kappa shape index (κ2) is 8.09. The summed E-state index contributed by atoms with van der Waals surface area (Å²) in [7, 11) is 0. The molecule has 0 N–H and O–H groups in total. The average molecular weight is 347 g/mol. The van der Waals surface area contributed by atoms with Crippen molar-refractivity contribution < 1.29 is 18.7 Å². The molecule has 0 aliphatic carbocycles. The number of ether oxygens (including phenoxy) is 1. The first-order valence-corrected chi connectivity index (χ1v) is 7.26. The first-order valence-electron chi connectivity index (χ1n) is 6.88. The number of para-hydroxylation sites is 1. The summed E-state index contributed by atoms with van der Waals surface area (Å²) in [6.07, 6.45) is 0. The Labute approximate surface area is 142 Å². The van der Waals surface area contributed by atoms with Crippen molar-refractivity contribution in [1.29, 1.82) is 5.26 Å². The number of esters is 1. The fourth-order valence-electron chi connectivity index (χ4n) is 1.97. The minimum absolute atomic E-state index is 0.107. The molecule has 24 heavy (non-hydrogen) atoms. The molecule has 0 aliphatic heterocycles. The van der Waals surface area contributed by atoms with Gasteiger partial charge >= 0.3 is 5.97 Å². The molecule has 1 amide bonds. The number of amides is 1. The minimum Gasteiger partial charge on any atom is -0.452 e. The van der Waals surface area contributed by atoms with Crippen LogP contribution in [0.5, 0.6) is 0 Å². The summed E-state index contributed by atoms with van der Waals surface area (Å²) in [6.45, 7) is -0.846. The molecule has 0 spiro atoms. The molecule has 5 nitrogen and oxygen atoms in total. The molecule has 0 saturated heterocycles. The molecule has 0 aromatic heterocycles. The minimum atomic E-state index is -1.04. The van der Waals surface area contributed by atoms with Crippen molar-refractivity contribution in [2.24, 2.45) is 0 Å². The molecule has 0 heterocycles. The predicted molar refractivity (Wildman–Crippen MR) is 86.1 cm³/mol. The zero-order valence-electron chi connectivity index (χ0n) is 12.4. The highest BCUT2D eigenvalue weighted by molar-refractivity contribution is 6.33. The molecule has 0 saturated carbocycles. The van der Waals surface area contributed by atoms with Crippen LogP contribution in [0.4, 0.5) is 10.1 Å². The summed E-state index contributed by atoms with van der Waals surface area (Å²) in [6, 6.07) is 14.1. The van der Waals surface area contributed by atoms with Gasteiger partial charge in [-0.3, -0.25) is 9.69 Å². The highest BCUT2D eigenvalue weighted by Crippen LogP contribution is 2.20. The van der Waals surface area contributed by atoms with Crippen molar-refractivity contribution in [3.05, 3.63) is 64.9 Å². The van der Waals surface area contributed by atoms with Crippen LogP contribution in [0.25, 0.3) is 0 Å². The zero-order valence-corrected chi connectivity index (χ0v) is 13.2. The zero-order chi connectivity index (χ0) is 17.5. The molecule has 2 aromatic rings. The smallest absolute Gasteiger partial charge is 0.343 e. The molecule has 0 atom stereocenters. The van der Waals surface area contributed by atoms with Crippen LogP contribution in [0.1, 0.15) is 10.4 Å². The largest absolute Gasteiger partial charge is 0.452 e. The highest BCUT2D eigenvalue weighted by Gasteiger charge is 2.21. The van der Waals surface area contributed by atoms with Crippen molar-refractivity contribution in [3.63, 3.8) is 0 Å². The van der Waals surface area contributed by atoms with E-state index < -0.39 is 29.9 Å². The Bertz CT molecular complexity index is 770. The van der Waals surface area contributed by atoms with E-state index in [-0.39, 0.29) is 11.6 Å². The van der Waals surface area contributed by atoms with Crippen LogP contribution >= 0.6 is 11.6 Å². The Morgan fingerprint density at radius 3 is 2.50 bits per heavy atom. The number of hydrogen-bond acceptors (Lipinski definition) is 4. The molecule has 7 heteroatoms. The highest BCUT2D eigenvalue weighted by atomic mass is 35.5. The lowest BCUT2D eigenvalue weighted by atomic mass is 10.2. The summed E-state index contributed by atoms with van der Waals surface area (Å²) < 4.78 is 18.5. The number of nitrogens with zero attached hydrogens (tertiary/aromatic N) is 2. The lowest BCUT2D eigenvalue weighted by molar-refractivity contribution is -0.121. The van der Waals surface area contributed by atoms with E-state index in [1.165, 1.54) is 12.1 Å². The van der Waals surface area contributed by atoms with Crippen molar-refractivity contribution in [1.82, 2.24) is 0 Å². The lowest BCUT2D eigenvalue weighted by Gasteiger charge is -2.19. The topological polar surface area (TPSA) is 70.4 Å². The normalized spacial score (nSPS) is 9.88. The van der Waals surface area contributed by atoms with E-state index in [0.717, 1.165) is 11.0 Å². The summed E-state index contributed by atoms with van der Waals surface area (Å²) in [5.41, 5.74) is 0.0579. The quantitative estimate of drug-likeness (QED) is 0.615. The maximum absolute atomic E-state index is 13.6. The van der Waals surface area contributed by atoms with Gasteiger partial charge in [-0.2, -0.15) is 5.26 Å². The van der Waals surface area contributed by atoms with Gasteiger partial charge in [0.15, 0.2) is 6.61 Å². The van der Waals surface area contributed by atoms with E-state index in [2.05, 4.69) is 0 Å². The Morgan fingerprint density at radius 1 is 1.17 bits per heavy atom. The Hall–Kier alpha value is -2.91. The maximum Gasteiger partial charge on any atom is 0.343 e. The SMILES string of the molecule is N#CCN(C(=O)COC(=O)c1c(F)cccc1Cl)c1ccccc1. The monoisotopic (exact) mass is 346 g/mol. The number of benzene rings is 2. The number of rotatable bonds is 5.